The first kappa shape index (κ1) is 20.5. The zero-order valence-electron chi connectivity index (χ0n) is 15.9. The van der Waals surface area contributed by atoms with Gasteiger partial charge in [-0.3, -0.25) is 9.69 Å². The Labute approximate surface area is 187 Å². The normalized spacial score (nSPS) is 20.0. The predicted octanol–water partition coefficient (Wildman–Crippen LogP) is 6.00. The third-order valence-corrected chi connectivity index (χ3v) is 7.71. The lowest BCUT2D eigenvalue weighted by molar-refractivity contribution is -0.122. The second kappa shape index (κ2) is 8.14. The number of thioether (sulfide) groups is 2. The third-order valence-electron chi connectivity index (χ3n) is 4.54. The minimum absolute atomic E-state index is 0.0505. The molecule has 0 unspecified atom stereocenters. The first-order valence-corrected chi connectivity index (χ1v) is 11.2. The molecule has 9 heteroatoms. The molecule has 4 rings (SSSR count). The molecule has 0 N–H and O–H groups in total. The van der Waals surface area contributed by atoms with Gasteiger partial charge in [0.25, 0.3) is 5.91 Å². The summed E-state index contributed by atoms with van der Waals surface area (Å²) in [5.41, 5.74) is 1.67. The fourth-order valence-corrected chi connectivity index (χ4v) is 5.69. The zero-order chi connectivity index (χ0) is 20.7. The highest BCUT2D eigenvalue weighted by Gasteiger charge is 2.38. The maximum Gasteiger partial charge on any atom is 0.269 e. The van der Waals surface area contributed by atoms with E-state index in [2.05, 4.69) is 4.99 Å². The average molecular weight is 466 g/mol. The molecule has 1 fully saturated rings. The molecule has 1 saturated heterocycles. The highest BCUT2D eigenvalue weighted by atomic mass is 35.5. The molecule has 1 amide bonds. The van der Waals surface area contributed by atoms with E-state index in [1.54, 1.807) is 42.0 Å². The van der Waals surface area contributed by atoms with Crippen LogP contribution in [0.15, 0.2) is 56.2 Å². The second-order valence-corrected chi connectivity index (χ2v) is 9.10. The molecule has 0 radical (unpaired) electrons. The molecule has 150 valence electrons. The van der Waals surface area contributed by atoms with Crippen molar-refractivity contribution in [3.63, 3.8) is 0 Å². The average Bonchev–Trinajstić information content (AvgIpc) is 3.20. The number of hydrogen-bond donors (Lipinski definition) is 0. The van der Waals surface area contributed by atoms with Gasteiger partial charge < -0.3 is 9.64 Å². The lowest BCUT2D eigenvalue weighted by Gasteiger charge is -2.15. The lowest BCUT2D eigenvalue weighted by Crippen LogP contribution is -2.29. The maximum absolute atomic E-state index is 13.1. The summed E-state index contributed by atoms with van der Waals surface area (Å²) >= 11 is 15.1. The van der Waals surface area contributed by atoms with Crippen LogP contribution in [-0.4, -0.2) is 36.7 Å². The topological polar surface area (TPSA) is 45.1 Å². The molecule has 0 spiro atoms. The number of hydrogen-bond acceptors (Lipinski definition) is 6. The van der Waals surface area contributed by atoms with E-state index < -0.39 is 0 Å². The molecule has 0 bridgehead atoms. The fourth-order valence-electron chi connectivity index (χ4n) is 3.01. The fraction of sp³-hybridized carbons (Fsp3) is 0.200. The number of halogens is 2. The molecule has 0 saturated carbocycles. The van der Waals surface area contributed by atoms with Crippen molar-refractivity contribution >= 4 is 69.2 Å². The molecule has 2 aliphatic heterocycles. The van der Waals surface area contributed by atoms with E-state index >= 15 is 0 Å². The smallest absolute Gasteiger partial charge is 0.269 e. The Balaban J connectivity index is 1.71. The number of anilines is 1. The van der Waals surface area contributed by atoms with E-state index in [0.717, 1.165) is 21.4 Å². The van der Waals surface area contributed by atoms with Crippen LogP contribution in [0, 0.1) is 0 Å². The number of ether oxygens (including phenoxy) is 1. The predicted molar refractivity (Wildman–Crippen MR) is 123 cm³/mol. The van der Waals surface area contributed by atoms with Crippen molar-refractivity contribution in [3.8, 4) is 5.75 Å². The van der Waals surface area contributed by atoms with Crippen LogP contribution >= 0.6 is 46.7 Å². The van der Waals surface area contributed by atoms with Gasteiger partial charge in [0.15, 0.2) is 5.17 Å². The molecule has 2 aromatic carbocycles. The molecular weight excluding hydrogens is 449 g/mol. The van der Waals surface area contributed by atoms with E-state index in [0.29, 0.717) is 32.4 Å². The largest absolute Gasteiger partial charge is 0.497 e. The summed E-state index contributed by atoms with van der Waals surface area (Å²) in [6, 6.07) is 11.1. The molecule has 5 nitrogen and oxygen atoms in total. The molecule has 29 heavy (non-hydrogen) atoms. The summed E-state index contributed by atoms with van der Waals surface area (Å²) in [6.45, 7) is 2.46. The molecule has 2 aliphatic rings. The molecule has 2 aromatic rings. The number of amides is 1. The molecule has 2 heterocycles. The van der Waals surface area contributed by atoms with Gasteiger partial charge in [0.05, 0.1) is 33.6 Å². The van der Waals surface area contributed by atoms with Gasteiger partial charge in [-0.15, -0.1) is 0 Å². The summed E-state index contributed by atoms with van der Waals surface area (Å²) in [5.74, 6) is 0.732. The Morgan fingerprint density at radius 3 is 2.59 bits per heavy atom. The SMILES string of the molecule is CCN1C(=O)/C(=C2\Sc3ccc(OC)cc3N2C)SC1=Nc1ccc(Cl)c(Cl)c1. The number of benzene rings is 2. The van der Waals surface area contributed by atoms with Gasteiger partial charge >= 0.3 is 0 Å². The van der Waals surface area contributed by atoms with Crippen LogP contribution in [0.2, 0.25) is 10.0 Å². The Morgan fingerprint density at radius 2 is 1.90 bits per heavy atom. The van der Waals surface area contributed by atoms with Crippen LogP contribution in [0.25, 0.3) is 0 Å². The summed E-state index contributed by atoms with van der Waals surface area (Å²) in [4.78, 5) is 23.2. The molecular formula is C20H17Cl2N3O2S2. The van der Waals surface area contributed by atoms with Crippen LogP contribution in [0.3, 0.4) is 0 Å². The summed E-state index contributed by atoms with van der Waals surface area (Å²) in [6.07, 6.45) is 0. The molecule has 0 aliphatic carbocycles. The number of carbonyl (C=O) groups excluding carboxylic acids is 1. The quantitative estimate of drug-likeness (QED) is 0.520. The number of carbonyl (C=O) groups is 1. The van der Waals surface area contributed by atoms with Gasteiger partial charge in [-0.25, -0.2) is 4.99 Å². The van der Waals surface area contributed by atoms with Crippen LogP contribution in [0.4, 0.5) is 11.4 Å². The second-order valence-electron chi connectivity index (χ2n) is 6.27. The van der Waals surface area contributed by atoms with Gasteiger partial charge in [-0.1, -0.05) is 35.0 Å². The Bertz CT molecular complexity index is 1070. The summed E-state index contributed by atoms with van der Waals surface area (Å²) in [5, 5.41) is 2.42. The van der Waals surface area contributed by atoms with E-state index in [1.807, 2.05) is 37.1 Å². The highest BCUT2D eigenvalue weighted by Crippen LogP contribution is 2.51. The van der Waals surface area contributed by atoms with E-state index in [9.17, 15) is 4.79 Å². The van der Waals surface area contributed by atoms with Crippen molar-refractivity contribution < 1.29 is 9.53 Å². The summed E-state index contributed by atoms with van der Waals surface area (Å²) < 4.78 is 5.33. The summed E-state index contributed by atoms with van der Waals surface area (Å²) in [7, 11) is 3.60. The number of methoxy groups -OCH3 is 1. The number of rotatable bonds is 3. The van der Waals surface area contributed by atoms with Crippen LogP contribution in [0.5, 0.6) is 5.75 Å². The Kier molecular flexibility index (Phi) is 5.75. The van der Waals surface area contributed by atoms with Crippen molar-refractivity contribution in [2.45, 2.75) is 11.8 Å². The third kappa shape index (κ3) is 3.72. The van der Waals surface area contributed by atoms with E-state index in [-0.39, 0.29) is 5.91 Å². The lowest BCUT2D eigenvalue weighted by atomic mass is 10.3. The standard InChI is InChI=1S/C20H17Cl2N3O2S2/c1-4-25-18(26)17(29-20(25)23-11-5-7-13(21)14(22)9-11)19-24(2)15-10-12(27-3)6-8-16(15)28-19/h5-10H,4H2,1-3H3/b19-17+,23-20?. The van der Waals surface area contributed by atoms with Crippen LogP contribution in [-0.2, 0) is 4.79 Å². The Hall–Kier alpha value is -1.80. The van der Waals surface area contributed by atoms with E-state index in [1.165, 1.54) is 11.8 Å². The van der Waals surface area contributed by atoms with Crippen molar-refractivity contribution in [1.82, 2.24) is 4.90 Å². The van der Waals surface area contributed by atoms with Crippen molar-refractivity contribution in [2.24, 2.45) is 4.99 Å². The van der Waals surface area contributed by atoms with Crippen LogP contribution < -0.4 is 9.64 Å². The number of amidine groups is 1. The van der Waals surface area contributed by atoms with Gasteiger partial charge in [0.1, 0.15) is 10.7 Å². The zero-order valence-corrected chi connectivity index (χ0v) is 19.0. The number of aliphatic imine (C=N–C) groups is 1. The molecule has 0 atom stereocenters. The number of likely N-dealkylation sites (N-methyl/N-ethyl adjacent to an activating group) is 1. The van der Waals surface area contributed by atoms with Crippen molar-refractivity contribution in [1.29, 1.82) is 0 Å². The van der Waals surface area contributed by atoms with Crippen molar-refractivity contribution in [2.75, 3.05) is 25.6 Å². The first-order valence-electron chi connectivity index (χ1n) is 8.80. The minimum atomic E-state index is -0.0505. The Morgan fingerprint density at radius 1 is 1.10 bits per heavy atom. The van der Waals surface area contributed by atoms with Gasteiger partial charge in [-0.05, 0) is 49.0 Å². The highest BCUT2D eigenvalue weighted by molar-refractivity contribution is 8.19. The maximum atomic E-state index is 13.1. The van der Waals surface area contributed by atoms with Crippen molar-refractivity contribution in [3.05, 3.63) is 56.4 Å². The minimum Gasteiger partial charge on any atom is -0.497 e. The van der Waals surface area contributed by atoms with E-state index in [4.69, 9.17) is 27.9 Å². The van der Waals surface area contributed by atoms with Gasteiger partial charge in [0.2, 0.25) is 0 Å². The molecule has 0 aromatic heterocycles. The first-order chi connectivity index (χ1) is 13.9. The monoisotopic (exact) mass is 465 g/mol. The van der Waals surface area contributed by atoms with Gasteiger partial charge in [0, 0.05) is 24.6 Å². The van der Waals surface area contributed by atoms with Gasteiger partial charge in [-0.2, -0.15) is 0 Å². The van der Waals surface area contributed by atoms with Crippen LogP contribution in [0.1, 0.15) is 6.92 Å². The number of nitrogens with zero attached hydrogens (tertiary/aromatic N) is 3. The number of fused-ring (bicyclic) bond motifs is 1.